The first-order valence-corrected chi connectivity index (χ1v) is 6.94. The van der Waals surface area contributed by atoms with Crippen molar-refractivity contribution in [1.82, 2.24) is 10.2 Å². The maximum absolute atomic E-state index is 12.2. The summed E-state index contributed by atoms with van der Waals surface area (Å²) in [5.41, 5.74) is -0.970. The molecule has 0 spiro atoms. The second kappa shape index (κ2) is 5.85. The fourth-order valence-corrected chi connectivity index (χ4v) is 2.62. The van der Waals surface area contributed by atoms with Crippen molar-refractivity contribution < 1.29 is 14.3 Å². The third-order valence-corrected chi connectivity index (χ3v) is 3.17. The first-order valence-electron chi connectivity index (χ1n) is 6.94. The van der Waals surface area contributed by atoms with E-state index in [-0.39, 0.29) is 17.9 Å². The zero-order valence-electron chi connectivity index (χ0n) is 13.2. The lowest BCUT2D eigenvalue weighted by Gasteiger charge is -2.44. The summed E-state index contributed by atoms with van der Waals surface area (Å²) in [7, 11) is 0. The third kappa shape index (κ3) is 4.87. The molecule has 1 aliphatic rings. The van der Waals surface area contributed by atoms with E-state index in [1.54, 1.807) is 4.90 Å². The highest BCUT2D eigenvalue weighted by Crippen LogP contribution is 2.27. The van der Waals surface area contributed by atoms with Gasteiger partial charge >= 0.3 is 6.09 Å². The van der Waals surface area contributed by atoms with Gasteiger partial charge in [0.1, 0.15) is 5.60 Å². The number of nitrogens with one attached hydrogen (secondary N) is 1. The molecule has 1 saturated heterocycles. The molecule has 1 rings (SSSR count). The number of likely N-dealkylation sites (tertiary alicyclic amines) is 1. The predicted octanol–water partition coefficient (Wildman–Crippen LogP) is 2.32. The average Bonchev–Trinajstić information content (AvgIpc) is 2.23. The van der Waals surface area contributed by atoms with Gasteiger partial charge in [0.2, 0.25) is 5.91 Å². The maximum atomic E-state index is 12.2. The molecule has 0 saturated carbocycles. The summed E-state index contributed by atoms with van der Waals surface area (Å²) in [6.45, 7) is 13.8. The molecule has 114 valence electrons. The lowest BCUT2D eigenvalue weighted by atomic mass is 9.84. The van der Waals surface area contributed by atoms with Crippen LogP contribution in [0.15, 0.2) is 12.7 Å². The van der Waals surface area contributed by atoms with Gasteiger partial charge in [0.05, 0.1) is 5.54 Å². The van der Waals surface area contributed by atoms with Crippen molar-refractivity contribution in [2.75, 3.05) is 13.1 Å². The third-order valence-electron chi connectivity index (χ3n) is 3.17. The second-order valence-corrected chi connectivity index (χ2v) is 6.80. The maximum Gasteiger partial charge on any atom is 0.410 e. The first kappa shape index (κ1) is 16.5. The van der Waals surface area contributed by atoms with Gasteiger partial charge in [0.25, 0.3) is 0 Å². The van der Waals surface area contributed by atoms with Crippen LogP contribution in [0.4, 0.5) is 4.79 Å². The van der Waals surface area contributed by atoms with Gasteiger partial charge in [-0.05, 0) is 40.0 Å². The molecule has 20 heavy (non-hydrogen) atoms. The molecule has 2 atom stereocenters. The smallest absolute Gasteiger partial charge is 0.410 e. The number of ether oxygens (including phenoxy) is 1. The highest BCUT2D eigenvalue weighted by atomic mass is 16.6. The summed E-state index contributed by atoms with van der Waals surface area (Å²) in [6, 6.07) is 0. The van der Waals surface area contributed by atoms with Gasteiger partial charge in [-0.3, -0.25) is 4.79 Å². The van der Waals surface area contributed by atoms with Crippen molar-refractivity contribution in [3.05, 3.63) is 12.7 Å². The van der Waals surface area contributed by atoms with Crippen LogP contribution in [-0.4, -0.2) is 41.1 Å². The minimum atomic E-state index is -0.525. The molecule has 5 nitrogen and oxygen atoms in total. The molecule has 5 heteroatoms. The molecular formula is C15H26N2O3. The summed E-state index contributed by atoms with van der Waals surface area (Å²) in [5, 5.41) is 2.93. The Balaban J connectivity index is 2.83. The number of nitrogens with zero attached hydrogens (tertiary/aromatic N) is 1. The van der Waals surface area contributed by atoms with Gasteiger partial charge in [0, 0.05) is 20.0 Å². The quantitative estimate of drug-likeness (QED) is 0.791. The van der Waals surface area contributed by atoms with Crippen LogP contribution in [0.5, 0.6) is 0 Å². The summed E-state index contributed by atoms with van der Waals surface area (Å²) in [4.78, 5) is 25.2. The van der Waals surface area contributed by atoms with Gasteiger partial charge in [0.15, 0.2) is 0 Å². The van der Waals surface area contributed by atoms with Crippen molar-refractivity contribution in [2.24, 2.45) is 5.92 Å². The molecule has 0 radical (unpaired) electrons. The Morgan fingerprint density at radius 1 is 1.45 bits per heavy atom. The summed E-state index contributed by atoms with van der Waals surface area (Å²) >= 11 is 0. The summed E-state index contributed by atoms with van der Waals surface area (Å²) in [6.07, 6.45) is 2.26. The monoisotopic (exact) mass is 282 g/mol. The van der Waals surface area contributed by atoms with E-state index in [0.29, 0.717) is 13.1 Å². The molecule has 1 N–H and O–H groups in total. The van der Waals surface area contributed by atoms with Crippen LogP contribution in [0.1, 0.15) is 41.0 Å². The fraction of sp³-hybridized carbons (Fsp3) is 0.733. The van der Waals surface area contributed by atoms with Crippen molar-refractivity contribution in [1.29, 1.82) is 0 Å². The van der Waals surface area contributed by atoms with Crippen molar-refractivity contribution >= 4 is 12.0 Å². The topological polar surface area (TPSA) is 58.6 Å². The Morgan fingerprint density at radius 3 is 2.50 bits per heavy atom. The number of carbonyl (C=O) groups excluding carboxylic acids is 2. The van der Waals surface area contributed by atoms with Crippen LogP contribution in [0.2, 0.25) is 0 Å². The SMILES string of the molecule is C=CC1CN(C(=O)OC(C)(C)C)CC(C)(NC(C)=O)C1. The molecular weight excluding hydrogens is 256 g/mol. The number of piperidine rings is 1. The number of rotatable bonds is 2. The van der Waals surface area contributed by atoms with E-state index in [1.165, 1.54) is 6.92 Å². The van der Waals surface area contributed by atoms with E-state index in [1.807, 2.05) is 33.8 Å². The van der Waals surface area contributed by atoms with Crippen molar-refractivity contribution in [3.63, 3.8) is 0 Å². The largest absolute Gasteiger partial charge is 0.444 e. The molecule has 1 heterocycles. The van der Waals surface area contributed by atoms with Crippen LogP contribution in [0, 0.1) is 5.92 Å². The number of amides is 2. The van der Waals surface area contributed by atoms with Crippen LogP contribution in [-0.2, 0) is 9.53 Å². The second-order valence-electron chi connectivity index (χ2n) is 6.80. The lowest BCUT2D eigenvalue weighted by Crippen LogP contribution is -2.60. The Bertz CT molecular complexity index is 400. The Labute approximate surface area is 121 Å². The molecule has 0 aromatic carbocycles. The van der Waals surface area contributed by atoms with E-state index in [9.17, 15) is 9.59 Å². The Kier molecular flexibility index (Phi) is 4.84. The van der Waals surface area contributed by atoms with Gasteiger partial charge in [-0.1, -0.05) is 6.08 Å². The van der Waals surface area contributed by atoms with Crippen LogP contribution in [0.25, 0.3) is 0 Å². The normalized spacial score (nSPS) is 26.9. The first-order chi connectivity index (χ1) is 9.04. The molecule has 0 aromatic heterocycles. The van der Waals surface area contributed by atoms with Gasteiger partial charge in [-0.15, -0.1) is 6.58 Å². The lowest BCUT2D eigenvalue weighted by molar-refractivity contribution is -0.121. The van der Waals surface area contributed by atoms with E-state index in [0.717, 1.165) is 6.42 Å². The summed E-state index contributed by atoms with van der Waals surface area (Å²) in [5.74, 6) is 0.0504. The molecule has 0 bridgehead atoms. The molecule has 1 aliphatic heterocycles. The van der Waals surface area contributed by atoms with Crippen LogP contribution >= 0.6 is 0 Å². The minimum absolute atomic E-state index is 0.0960. The number of carbonyl (C=O) groups is 2. The van der Waals surface area contributed by atoms with Crippen molar-refractivity contribution in [2.45, 2.75) is 52.2 Å². The Hall–Kier alpha value is -1.52. The highest BCUT2D eigenvalue weighted by Gasteiger charge is 2.39. The predicted molar refractivity (Wildman–Crippen MR) is 78.3 cm³/mol. The minimum Gasteiger partial charge on any atom is -0.444 e. The molecule has 0 aromatic rings. The van der Waals surface area contributed by atoms with Gasteiger partial charge in [-0.2, -0.15) is 0 Å². The van der Waals surface area contributed by atoms with Crippen LogP contribution < -0.4 is 5.32 Å². The standard InChI is InChI=1S/C15H26N2O3/c1-7-12-8-15(6,16-11(2)18)10-17(9-12)13(19)20-14(3,4)5/h7,12H,1,8-10H2,2-6H3,(H,16,18). The zero-order chi connectivity index (χ0) is 15.6. The number of hydrogen-bond donors (Lipinski definition) is 1. The molecule has 2 amide bonds. The molecule has 2 unspecified atom stereocenters. The molecule has 0 aliphatic carbocycles. The van der Waals surface area contributed by atoms with Gasteiger partial charge < -0.3 is 15.0 Å². The van der Waals surface area contributed by atoms with Crippen LogP contribution in [0.3, 0.4) is 0 Å². The molecule has 1 fully saturated rings. The van der Waals surface area contributed by atoms with Crippen molar-refractivity contribution in [3.8, 4) is 0 Å². The Morgan fingerprint density at radius 2 is 2.05 bits per heavy atom. The fourth-order valence-electron chi connectivity index (χ4n) is 2.62. The average molecular weight is 282 g/mol. The highest BCUT2D eigenvalue weighted by molar-refractivity contribution is 5.74. The van der Waals surface area contributed by atoms with E-state index in [2.05, 4.69) is 11.9 Å². The number of hydrogen-bond acceptors (Lipinski definition) is 3. The zero-order valence-corrected chi connectivity index (χ0v) is 13.2. The summed E-state index contributed by atoms with van der Waals surface area (Å²) < 4.78 is 5.41. The van der Waals surface area contributed by atoms with E-state index >= 15 is 0 Å². The van der Waals surface area contributed by atoms with E-state index < -0.39 is 11.1 Å². The van der Waals surface area contributed by atoms with E-state index in [4.69, 9.17) is 4.74 Å². The van der Waals surface area contributed by atoms with Gasteiger partial charge in [-0.25, -0.2) is 4.79 Å².